The largest absolute Gasteiger partial charge is 0.316 e. The summed E-state index contributed by atoms with van der Waals surface area (Å²) in [4.78, 5) is 6.50. The number of nitrogens with zero attached hydrogens (tertiary/aromatic N) is 2. The lowest BCUT2D eigenvalue weighted by molar-refractivity contribution is 0.151. The van der Waals surface area contributed by atoms with E-state index in [9.17, 15) is 0 Å². The van der Waals surface area contributed by atoms with Gasteiger partial charge in [0.25, 0.3) is 0 Å². The molecule has 3 heteroatoms. The van der Waals surface area contributed by atoms with Crippen LogP contribution in [0.1, 0.15) is 39.2 Å². The van der Waals surface area contributed by atoms with E-state index in [1.807, 2.05) is 12.4 Å². The Morgan fingerprint density at radius 1 is 1.16 bits per heavy atom. The normalized spacial score (nSPS) is 12.1. The molecule has 3 nitrogen and oxygen atoms in total. The quantitative estimate of drug-likeness (QED) is 0.742. The van der Waals surface area contributed by atoms with Crippen LogP contribution in [0.15, 0.2) is 24.5 Å². The van der Waals surface area contributed by atoms with Gasteiger partial charge in [0.2, 0.25) is 0 Å². The van der Waals surface area contributed by atoms with E-state index in [1.165, 1.54) is 18.4 Å². The molecule has 0 aromatic carbocycles. The number of nitrogens with one attached hydrogen (secondary N) is 1. The molecule has 0 bridgehead atoms. The van der Waals surface area contributed by atoms with E-state index in [-0.39, 0.29) is 0 Å². The Morgan fingerprint density at radius 2 is 1.79 bits per heavy atom. The van der Waals surface area contributed by atoms with Crippen LogP contribution in [0.4, 0.5) is 0 Å². The molecule has 0 aliphatic carbocycles. The molecule has 0 aliphatic rings. The van der Waals surface area contributed by atoms with Gasteiger partial charge < -0.3 is 10.2 Å². The zero-order chi connectivity index (χ0) is 14.1. The van der Waals surface area contributed by atoms with Gasteiger partial charge in [0.15, 0.2) is 0 Å². The van der Waals surface area contributed by atoms with Crippen molar-refractivity contribution in [1.29, 1.82) is 0 Å². The Kier molecular flexibility index (Phi) is 7.03. The van der Waals surface area contributed by atoms with Gasteiger partial charge in [-0.25, -0.2) is 0 Å². The maximum Gasteiger partial charge on any atom is 0.0271 e. The lowest BCUT2D eigenvalue weighted by Crippen LogP contribution is -2.42. The summed E-state index contributed by atoms with van der Waals surface area (Å²) in [5.74, 6) is 0. The third-order valence-corrected chi connectivity index (χ3v) is 4.06. The highest BCUT2D eigenvalue weighted by Crippen LogP contribution is 2.27. The van der Waals surface area contributed by atoms with Crippen LogP contribution in [0.25, 0.3) is 0 Å². The molecular weight excluding hydrogens is 234 g/mol. The Morgan fingerprint density at radius 3 is 2.32 bits per heavy atom. The third kappa shape index (κ3) is 5.29. The standard InChI is InChI=1S/C16H29N3/c1-5-16(6-2,13-17-7-3)14-19(4)12-15-8-10-18-11-9-15/h8-11,17H,5-7,12-14H2,1-4H3. The van der Waals surface area contributed by atoms with Gasteiger partial charge >= 0.3 is 0 Å². The summed E-state index contributed by atoms with van der Waals surface area (Å²) in [5, 5.41) is 3.52. The highest BCUT2D eigenvalue weighted by molar-refractivity contribution is 5.09. The van der Waals surface area contributed by atoms with Crippen LogP contribution in [0.5, 0.6) is 0 Å². The van der Waals surface area contributed by atoms with Crippen LogP contribution in [0, 0.1) is 5.41 Å². The highest BCUT2D eigenvalue weighted by Gasteiger charge is 2.27. The number of hydrogen-bond donors (Lipinski definition) is 1. The van der Waals surface area contributed by atoms with Gasteiger partial charge in [0, 0.05) is 32.0 Å². The molecule has 108 valence electrons. The first-order chi connectivity index (χ1) is 9.15. The van der Waals surface area contributed by atoms with Gasteiger partial charge in [0.1, 0.15) is 0 Å². The fourth-order valence-corrected chi connectivity index (χ4v) is 2.60. The Balaban J connectivity index is 2.58. The molecule has 0 spiro atoms. The molecule has 1 aromatic rings. The van der Waals surface area contributed by atoms with E-state index < -0.39 is 0 Å². The summed E-state index contributed by atoms with van der Waals surface area (Å²) in [6.07, 6.45) is 6.18. The van der Waals surface area contributed by atoms with Crippen LogP contribution in [-0.4, -0.2) is 36.6 Å². The topological polar surface area (TPSA) is 28.2 Å². The van der Waals surface area contributed by atoms with E-state index in [2.05, 4.69) is 55.2 Å². The highest BCUT2D eigenvalue weighted by atomic mass is 15.1. The monoisotopic (exact) mass is 263 g/mol. The van der Waals surface area contributed by atoms with E-state index in [4.69, 9.17) is 0 Å². The van der Waals surface area contributed by atoms with Crippen molar-refractivity contribution in [2.75, 3.05) is 26.7 Å². The Hall–Kier alpha value is -0.930. The lowest BCUT2D eigenvalue weighted by Gasteiger charge is -2.36. The minimum absolute atomic E-state index is 0.387. The molecule has 1 rings (SSSR count). The van der Waals surface area contributed by atoms with Crippen molar-refractivity contribution < 1.29 is 0 Å². The van der Waals surface area contributed by atoms with Crippen molar-refractivity contribution in [3.8, 4) is 0 Å². The first-order valence-corrected chi connectivity index (χ1v) is 7.44. The van der Waals surface area contributed by atoms with Crippen LogP contribution in [-0.2, 0) is 6.54 Å². The van der Waals surface area contributed by atoms with Crippen LogP contribution >= 0.6 is 0 Å². The van der Waals surface area contributed by atoms with E-state index in [0.717, 1.165) is 26.2 Å². The predicted octanol–water partition coefficient (Wildman–Crippen LogP) is 2.93. The van der Waals surface area contributed by atoms with Crippen molar-refractivity contribution >= 4 is 0 Å². The van der Waals surface area contributed by atoms with Crippen molar-refractivity contribution in [1.82, 2.24) is 15.2 Å². The number of hydrogen-bond acceptors (Lipinski definition) is 3. The Bertz CT molecular complexity index is 333. The second kappa shape index (κ2) is 8.28. The molecule has 0 saturated carbocycles. The first-order valence-electron chi connectivity index (χ1n) is 7.44. The molecule has 0 unspecified atom stereocenters. The van der Waals surface area contributed by atoms with Crippen LogP contribution < -0.4 is 5.32 Å². The summed E-state index contributed by atoms with van der Waals surface area (Å²) in [6.45, 7) is 11.1. The van der Waals surface area contributed by atoms with E-state index in [1.54, 1.807) is 0 Å². The van der Waals surface area contributed by atoms with Crippen LogP contribution in [0.3, 0.4) is 0 Å². The van der Waals surface area contributed by atoms with E-state index >= 15 is 0 Å². The molecule has 1 N–H and O–H groups in total. The van der Waals surface area contributed by atoms with Crippen LogP contribution in [0.2, 0.25) is 0 Å². The van der Waals surface area contributed by atoms with Gasteiger partial charge in [-0.3, -0.25) is 4.98 Å². The summed E-state index contributed by atoms with van der Waals surface area (Å²) in [7, 11) is 2.21. The summed E-state index contributed by atoms with van der Waals surface area (Å²) < 4.78 is 0. The van der Waals surface area contributed by atoms with E-state index in [0.29, 0.717) is 5.41 Å². The molecule has 0 fully saturated rings. The molecule has 0 saturated heterocycles. The van der Waals surface area contributed by atoms with Crippen molar-refractivity contribution in [3.05, 3.63) is 30.1 Å². The van der Waals surface area contributed by atoms with Gasteiger partial charge in [-0.05, 0) is 49.5 Å². The lowest BCUT2D eigenvalue weighted by atomic mass is 9.81. The minimum Gasteiger partial charge on any atom is -0.316 e. The molecule has 1 aromatic heterocycles. The molecule has 0 amide bonds. The average Bonchev–Trinajstić information content (AvgIpc) is 2.44. The molecule has 0 aliphatic heterocycles. The van der Waals surface area contributed by atoms with Gasteiger partial charge in [-0.1, -0.05) is 20.8 Å². The van der Waals surface area contributed by atoms with Gasteiger partial charge in [-0.15, -0.1) is 0 Å². The maximum atomic E-state index is 4.07. The predicted molar refractivity (Wildman–Crippen MR) is 82.1 cm³/mol. The van der Waals surface area contributed by atoms with Gasteiger partial charge in [-0.2, -0.15) is 0 Å². The smallest absolute Gasteiger partial charge is 0.0271 e. The molecule has 19 heavy (non-hydrogen) atoms. The Labute approximate surface area is 118 Å². The second-order valence-corrected chi connectivity index (χ2v) is 5.52. The number of rotatable bonds is 9. The van der Waals surface area contributed by atoms with Crippen molar-refractivity contribution in [3.63, 3.8) is 0 Å². The molecular formula is C16H29N3. The zero-order valence-electron chi connectivity index (χ0n) is 12.9. The van der Waals surface area contributed by atoms with Crippen molar-refractivity contribution in [2.45, 2.75) is 40.2 Å². The molecule has 0 radical (unpaired) electrons. The second-order valence-electron chi connectivity index (χ2n) is 5.52. The zero-order valence-corrected chi connectivity index (χ0v) is 12.9. The third-order valence-electron chi connectivity index (χ3n) is 4.06. The first kappa shape index (κ1) is 16.1. The fraction of sp³-hybridized carbons (Fsp3) is 0.688. The molecule has 1 heterocycles. The molecule has 0 atom stereocenters. The fourth-order valence-electron chi connectivity index (χ4n) is 2.60. The summed E-state index contributed by atoms with van der Waals surface area (Å²) >= 11 is 0. The summed E-state index contributed by atoms with van der Waals surface area (Å²) in [5.41, 5.74) is 1.72. The summed E-state index contributed by atoms with van der Waals surface area (Å²) in [6, 6.07) is 4.20. The number of pyridine rings is 1. The average molecular weight is 263 g/mol. The minimum atomic E-state index is 0.387. The van der Waals surface area contributed by atoms with Gasteiger partial charge in [0.05, 0.1) is 0 Å². The SMILES string of the molecule is CCNCC(CC)(CC)CN(C)Cc1ccncc1. The number of aromatic nitrogens is 1. The maximum absolute atomic E-state index is 4.07. The van der Waals surface area contributed by atoms with Crippen molar-refractivity contribution in [2.24, 2.45) is 5.41 Å².